The summed E-state index contributed by atoms with van der Waals surface area (Å²) in [6.45, 7) is 1.73. The first-order chi connectivity index (χ1) is 5.34. The van der Waals surface area contributed by atoms with Crippen molar-refractivity contribution in [3.05, 3.63) is 0 Å². The molecule has 4 nitrogen and oxygen atoms in total. The molecule has 1 atom stereocenters. The van der Waals surface area contributed by atoms with Gasteiger partial charge in [-0.05, 0) is 13.0 Å². The first-order valence-electron chi connectivity index (χ1n) is 3.58. The zero-order valence-corrected chi connectivity index (χ0v) is 6.96. The molecule has 1 aliphatic heterocycles. The van der Waals surface area contributed by atoms with Crippen LogP contribution in [0, 0.1) is 5.92 Å². The van der Waals surface area contributed by atoms with E-state index in [1.54, 1.807) is 0 Å². The van der Waals surface area contributed by atoms with Crippen molar-refractivity contribution in [3.8, 4) is 0 Å². The molecule has 0 spiro atoms. The van der Waals surface area contributed by atoms with Gasteiger partial charge in [0.1, 0.15) is 0 Å². The molecule has 0 aromatic heterocycles. The number of carbonyl (C=O) groups is 1. The molecule has 1 heterocycles. The van der Waals surface area contributed by atoms with E-state index in [0.717, 1.165) is 26.6 Å². The summed E-state index contributed by atoms with van der Waals surface area (Å²) in [6.07, 6.45) is 0.923. The molecule has 1 fully saturated rings. The van der Waals surface area contributed by atoms with Crippen LogP contribution in [0.1, 0.15) is 6.42 Å². The molecule has 66 valence electrons. The van der Waals surface area contributed by atoms with E-state index in [9.17, 15) is 4.79 Å². The Morgan fingerprint density at radius 3 is 2.64 bits per heavy atom. The van der Waals surface area contributed by atoms with Gasteiger partial charge in [-0.15, -0.1) is 0 Å². The van der Waals surface area contributed by atoms with E-state index in [4.69, 9.17) is 5.11 Å². The number of rotatable bonds is 1. The van der Waals surface area contributed by atoms with Crippen LogP contribution in [-0.2, 0) is 9.53 Å². The summed E-state index contributed by atoms with van der Waals surface area (Å²) in [5.41, 5.74) is 0. The van der Waals surface area contributed by atoms with Gasteiger partial charge in [0.05, 0.1) is 13.0 Å². The van der Waals surface area contributed by atoms with E-state index >= 15 is 0 Å². The molecular weight excluding hydrogens is 146 g/mol. The molecule has 4 heteroatoms. The molecule has 0 aromatic carbocycles. The van der Waals surface area contributed by atoms with E-state index in [-0.39, 0.29) is 11.9 Å². The molecule has 0 radical (unpaired) electrons. The van der Waals surface area contributed by atoms with Gasteiger partial charge < -0.3 is 15.2 Å². The molecule has 2 N–H and O–H groups in total. The van der Waals surface area contributed by atoms with Crippen LogP contribution < -0.4 is 5.32 Å². The van der Waals surface area contributed by atoms with Crippen LogP contribution in [-0.4, -0.2) is 38.4 Å². The summed E-state index contributed by atoms with van der Waals surface area (Å²) in [5, 5.41) is 10.1. The highest BCUT2D eigenvalue weighted by Crippen LogP contribution is 2.07. The number of carbonyl (C=O) groups excluding carboxylic acids is 1. The normalized spacial score (nSPS) is 21.9. The summed E-state index contributed by atoms with van der Waals surface area (Å²) in [5.74, 6) is 0.0231. The van der Waals surface area contributed by atoms with Crippen LogP contribution in [0.25, 0.3) is 0 Å². The molecule has 0 aliphatic carbocycles. The Labute approximate surface area is 66.5 Å². The van der Waals surface area contributed by atoms with E-state index in [1.165, 1.54) is 7.11 Å². The predicted molar refractivity (Wildman–Crippen MR) is 41.1 cm³/mol. The summed E-state index contributed by atoms with van der Waals surface area (Å²) in [7, 11) is 2.43. The second-order valence-electron chi connectivity index (χ2n) is 2.21. The molecule has 0 amide bonds. The average Bonchev–Trinajstić information content (AvgIpc) is 2.59. The lowest BCUT2D eigenvalue weighted by atomic mass is 10.1. The van der Waals surface area contributed by atoms with Gasteiger partial charge in [-0.25, -0.2) is 0 Å². The fourth-order valence-electron chi connectivity index (χ4n) is 1.02. The van der Waals surface area contributed by atoms with Gasteiger partial charge in [0.15, 0.2) is 0 Å². The summed E-state index contributed by atoms with van der Waals surface area (Å²) >= 11 is 0. The van der Waals surface area contributed by atoms with Crippen molar-refractivity contribution in [1.29, 1.82) is 0 Å². The standard InChI is InChI=1S/C6H11NO2.CH4O/c1-9-6(8)5-2-3-7-4-5;1-2/h5,7H,2-4H2,1H3;2H,1H3. The van der Waals surface area contributed by atoms with Gasteiger partial charge in [-0.2, -0.15) is 0 Å². The van der Waals surface area contributed by atoms with Crippen LogP contribution in [0.15, 0.2) is 0 Å². The number of hydrogen-bond donors (Lipinski definition) is 2. The Kier molecular flexibility index (Phi) is 5.78. The summed E-state index contributed by atoms with van der Waals surface area (Å²) in [6, 6.07) is 0. The number of methoxy groups -OCH3 is 1. The van der Waals surface area contributed by atoms with Crippen LogP contribution in [0.3, 0.4) is 0 Å². The van der Waals surface area contributed by atoms with E-state index < -0.39 is 0 Å². The maximum atomic E-state index is 10.8. The highest BCUT2D eigenvalue weighted by Gasteiger charge is 2.22. The van der Waals surface area contributed by atoms with Crippen molar-refractivity contribution in [2.45, 2.75) is 6.42 Å². The second kappa shape index (κ2) is 6.12. The number of aliphatic hydroxyl groups is 1. The lowest BCUT2D eigenvalue weighted by Crippen LogP contribution is -2.18. The lowest BCUT2D eigenvalue weighted by Gasteiger charge is -2.02. The topological polar surface area (TPSA) is 58.6 Å². The van der Waals surface area contributed by atoms with Crippen LogP contribution in [0.5, 0.6) is 0 Å². The molecule has 11 heavy (non-hydrogen) atoms. The molecule has 1 aliphatic rings. The summed E-state index contributed by atoms with van der Waals surface area (Å²) in [4.78, 5) is 10.8. The monoisotopic (exact) mass is 161 g/mol. The van der Waals surface area contributed by atoms with Crippen molar-refractivity contribution in [3.63, 3.8) is 0 Å². The quantitative estimate of drug-likeness (QED) is 0.503. The van der Waals surface area contributed by atoms with Gasteiger partial charge in [-0.1, -0.05) is 0 Å². The molecule has 1 rings (SSSR count). The van der Waals surface area contributed by atoms with Crippen LogP contribution in [0.4, 0.5) is 0 Å². The molecule has 1 saturated heterocycles. The number of hydrogen-bond acceptors (Lipinski definition) is 4. The van der Waals surface area contributed by atoms with Crippen LogP contribution in [0.2, 0.25) is 0 Å². The van der Waals surface area contributed by atoms with E-state index in [0.29, 0.717) is 0 Å². The minimum Gasteiger partial charge on any atom is -0.469 e. The Morgan fingerprint density at radius 1 is 1.64 bits per heavy atom. The Balaban J connectivity index is 0.000000461. The molecule has 1 unspecified atom stereocenters. The highest BCUT2D eigenvalue weighted by molar-refractivity contribution is 5.72. The van der Waals surface area contributed by atoms with Gasteiger partial charge >= 0.3 is 5.97 Å². The smallest absolute Gasteiger partial charge is 0.309 e. The molecule has 0 bridgehead atoms. The predicted octanol–water partition coefficient (Wildman–Crippen LogP) is -0.623. The van der Waals surface area contributed by atoms with Crippen molar-refractivity contribution in [2.24, 2.45) is 5.92 Å². The Morgan fingerprint density at radius 2 is 2.27 bits per heavy atom. The third-order valence-corrected chi connectivity index (χ3v) is 1.59. The average molecular weight is 161 g/mol. The Bertz CT molecular complexity index is 110. The van der Waals surface area contributed by atoms with Crippen LogP contribution >= 0.6 is 0 Å². The highest BCUT2D eigenvalue weighted by atomic mass is 16.5. The molecular formula is C7H15NO3. The third kappa shape index (κ3) is 3.34. The van der Waals surface area contributed by atoms with Gasteiger partial charge in [0, 0.05) is 13.7 Å². The fraction of sp³-hybridized carbons (Fsp3) is 0.857. The summed E-state index contributed by atoms with van der Waals surface area (Å²) < 4.78 is 4.56. The van der Waals surface area contributed by atoms with Crippen molar-refractivity contribution in [2.75, 3.05) is 27.3 Å². The van der Waals surface area contributed by atoms with E-state index in [2.05, 4.69) is 10.1 Å². The van der Waals surface area contributed by atoms with Crippen molar-refractivity contribution >= 4 is 5.97 Å². The maximum Gasteiger partial charge on any atom is 0.309 e. The van der Waals surface area contributed by atoms with Gasteiger partial charge in [0.2, 0.25) is 0 Å². The number of ether oxygens (including phenoxy) is 1. The first kappa shape index (κ1) is 10.4. The van der Waals surface area contributed by atoms with Gasteiger partial charge in [0.25, 0.3) is 0 Å². The van der Waals surface area contributed by atoms with E-state index in [1.807, 2.05) is 0 Å². The van der Waals surface area contributed by atoms with Crippen molar-refractivity contribution < 1.29 is 14.6 Å². The SMILES string of the molecule is CO.COC(=O)C1CCNC1. The lowest BCUT2D eigenvalue weighted by molar-refractivity contribution is -0.144. The van der Waals surface area contributed by atoms with Gasteiger partial charge in [-0.3, -0.25) is 4.79 Å². The Hall–Kier alpha value is -0.610. The number of esters is 1. The minimum atomic E-state index is -0.0833. The fourth-order valence-corrected chi connectivity index (χ4v) is 1.02. The third-order valence-electron chi connectivity index (χ3n) is 1.59. The molecule has 0 aromatic rings. The van der Waals surface area contributed by atoms with Crippen molar-refractivity contribution in [1.82, 2.24) is 5.32 Å². The minimum absolute atomic E-state index is 0.0833. The number of nitrogens with one attached hydrogen (secondary N) is 1. The zero-order valence-electron chi connectivity index (χ0n) is 6.96. The second-order valence-corrected chi connectivity index (χ2v) is 2.21. The zero-order chi connectivity index (χ0) is 8.69. The maximum absolute atomic E-state index is 10.8. The first-order valence-corrected chi connectivity index (χ1v) is 3.58. The molecule has 0 saturated carbocycles. The largest absolute Gasteiger partial charge is 0.469 e. The number of aliphatic hydroxyl groups excluding tert-OH is 1.